The molecule has 0 radical (unpaired) electrons. The summed E-state index contributed by atoms with van der Waals surface area (Å²) in [5.41, 5.74) is -0.198. The number of guanidine groups is 1. The molecular weight excluding hydrogens is 556 g/mol. The number of nitrogens with one attached hydrogen (secondary N) is 2. The highest BCUT2D eigenvalue weighted by atomic mass is 127. The summed E-state index contributed by atoms with van der Waals surface area (Å²) < 4.78 is 91.0. The molecule has 5 nitrogen and oxygen atoms in total. The lowest BCUT2D eigenvalue weighted by Gasteiger charge is -2.14. The highest BCUT2D eigenvalue weighted by Crippen LogP contribution is 2.19. The second-order valence-corrected chi connectivity index (χ2v) is 8.62. The Hall–Kier alpha value is -1.96. The molecule has 0 spiro atoms. The van der Waals surface area contributed by atoms with Crippen molar-refractivity contribution in [3.63, 3.8) is 0 Å². The van der Waals surface area contributed by atoms with E-state index >= 15 is 0 Å². The molecule has 0 amide bonds. The normalized spacial score (nSPS) is 11.8. The molecular formula is C19H21F5IN3O2S. The van der Waals surface area contributed by atoms with E-state index in [1.54, 1.807) is 6.92 Å². The first-order valence-corrected chi connectivity index (χ1v) is 10.9. The molecule has 0 saturated carbocycles. The standard InChI is InChI=1S/C19H20F5N3O2S.HI/c1-3-25-19(27-9-14-17(23)15(21)7-16(22)18(14)24)26-8-12-6-13(20)5-4-11(12)10-30(2,28)29;/h4-7H,3,8-10H2,1-2H3,(H2,25,26,27);1H. The first-order chi connectivity index (χ1) is 14.0. The molecule has 0 saturated heterocycles. The zero-order valence-electron chi connectivity index (χ0n) is 16.6. The van der Waals surface area contributed by atoms with Gasteiger partial charge in [0.2, 0.25) is 0 Å². The molecule has 0 atom stereocenters. The lowest BCUT2D eigenvalue weighted by Crippen LogP contribution is -2.37. The Balaban J connectivity index is 0.00000480. The summed E-state index contributed by atoms with van der Waals surface area (Å²) in [5, 5.41) is 5.31. The van der Waals surface area contributed by atoms with Crippen LogP contribution in [0.4, 0.5) is 22.0 Å². The van der Waals surface area contributed by atoms with E-state index < -0.39 is 51.0 Å². The summed E-state index contributed by atoms with van der Waals surface area (Å²) in [5.74, 6) is -7.00. The quantitative estimate of drug-likeness (QED) is 0.173. The summed E-state index contributed by atoms with van der Waals surface area (Å²) in [6.45, 7) is 1.28. The monoisotopic (exact) mass is 577 g/mol. The van der Waals surface area contributed by atoms with Crippen molar-refractivity contribution < 1.29 is 30.4 Å². The van der Waals surface area contributed by atoms with Gasteiger partial charge in [-0.15, -0.1) is 24.0 Å². The van der Waals surface area contributed by atoms with Gasteiger partial charge >= 0.3 is 0 Å². The van der Waals surface area contributed by atoms with Gasteiger partial charge in [-0.2, -0.15) is 0 Å². The number of hydrogen-bond acceptors (Lipinski definition) is 3. The molecule has 2 N–H and O–H groups in total. The fourth-order valence-corrected chi connectivity index (χ4v) is 3.47. The topological polar surface area (TPSA) is 70.6 Å². The summed E-state index contributed by atoms with van der Waals surface area (Å²) >= 11 is 0. The number of benzene rings is 2. The van der Waals surface area contributed by atoms with Crippen LogP contribution < -0.4 is 10.6 Å². The van der Waals surface area contributed by atoms with Crippen LogP contribution in [0.5, 0.6) is 0 Å². The lowest BCUT2D eigenvalue weighted by molar-refractivity contribution is 0.437. The lowest BCUT2D eigenvalue weighted by atomic mass is 10.1. The van der Waals surface area contributed by atoms with Crippen LogP contribution in [0, 0.1) is 29.1 Å². The predicted octanol–water partition coefficient (Wildman–Crippen LogP) is 3.80. The van der Waals surface area contributed by atoms with Crippen LogP contribution in [0.1, 0.15) is 23.6 Å². The predicted molar refractivity (Wildman–Crippen MR) is 118 cm³/mol. The van der Waals surface area contributed by atoms with Gasteiger partial charge in [-0.05, 0) is 30.2 Å². The second kappa shape index (κ2) is 11.6. The van der Waals surface area contributed by atoms with Crippen molar-refractivity contribution in [2.24, 2.45) is 4.99 Å². The molecule has 0 aliphatic carbocycles. The van der Waals surface area contributed by atoms with Gasteiger partial charge in [0.15, 0.2) is 39.1 Å². The van der Waals surface area contributed by atoms with Crippen LogP contribution in [0.2, 0.25) is 0 Å². The zero-order chi connectivity index (χ0) is 22.5. The number of aliphatic imine (C=N–C) groups is 1. The molecule has 2 rings (SSSR count). The maximum atomic E-state index is 13.8. The fraction of sp³-hybridized carbons (Fsp3) is 0.316. The second-order valence-electron chi connectivity index (χ2n) is 6.48. The molecule has 0 unspecified atom stereocenters. The Morgan fingerprint density at radius 3 is 2.13 bits per heavy atom. The van der Waals surface area contributed by atoms with Gasteiger partial charge in [-0.25, -0.2) is 35.4 Å². The zero-order valence-corrected chi connectivity index (χ0v) is 19.8. The van der Waals surface area contributed by atoms with E-state index in [-0.39, 0.29) is 48.3 Å². The largest absolute Gasteiger partial charge is 0.357 e. The van der Waals surface area contributed by atoms with Crippen molar-refractivity contribution in [2.45, 2.75) is 25.8 Å². The van der Waals surface area contributed by atoms with E-state index in [1.807, 2.05) is 0 Å². The fourth-order valence-electron chi connectivity index (χ4n) is 2.62. The third-order valence-corrected chi connectivity index (χ3v) is 4.81. The molecule has 172 valence electrons. The van der Waals surface area contributed by atoms with Crippen LogP contribution in [-0.4, -0.2) is 27.2 Å². The molecule has 2 aromatic rings. The molecule has 12 heteroatoms. The van der Waals surface area contributed by atoms with Crippen molar-refractivity contribution >= 4 is 39.8 Å². The number of halogens is 6. The summed E-state index contributed by atoms with van der Waals surface area (Å²) in [4.78, 5) is 4.14. The van der Waals surface area contributed by atoms with E-state index in [0.29, 0.717) is 17.7 Å². The van der Waals surface area contributed by atoms with Crippen molar-refractivity contribution in [3.8, 4) is 0 Å². The summed E-state index contributed by atoms with van der Waals surface area (Å²) in [6.07, 6.45) is 1.04. The van der Waals surface area contributed by atoms with Crippen LogP contribution >= 0.6 is 24.0 Å². The average Bonchev–Trinajstić information content (AvgIpc) is 2.65. The van der Waals surface area contributed by atoms with E-state index in [2.05, 4.69) is 15.6 Å². The third kappa shape index (κ3) is 7.91. The van der Waals surface area contributed by atoms with Crippen molar-refractivity contribution in [3.05, 3.63) is 70.0 Å². The Kier molecular flexibility index (Phi) is 10.1. The number of sulfone groups is 1. The Labute approximate surface area is 194 Å². The molecule has 0 aromatic heterocycles. The minimum atomic E-state index is -3.38. The van der Waals surface area contributed by atoms with E-state index in [1.165, 1.54) is 6.07 Å². The number of hydrogen-bond donors (Lipinski definition) is 2. The van der Waals surface area contributed by atoms with Gasteiger partial charge in [-0.1, -0.05) is 6.07 Å². The summed E-state index contributed by atoms with van der Waals surface area (Å²) in [7, 11) is -3.38. The van der Waals surface area contributed by atoms with E-state index in [4.69, 9.17) is 0 Å². The molecule has 2 aromatic carbocycles. The van der Waals surface area contributed by atoms with Gasteiger partial charge in [0, 0.05) is 31.0 Å². The minimum absolute atomic E-state index is 0. The number of nitrogens with zero attached hydrogens (tertiary/aromatic N) is 1. The SMILES string of the molecule is CCNC(=NCc1cc(F)ccc1CS(C)(=O)=O)NCc1c(F)c(F)cc(F)c1F.I. The smallest absolute Gasteiger partial charge is 0.191 e. The molecule has 0 bridgehead atoms. The maximum Gasteiger partial charge on any atom is 0.191 e. The first kappa shape index (κ1) is 27.1. The van der Waals surface area contributed by atoms with E-state index in [0.717, 1.165) is 18.4 Å². The van der Waals surface area contributed by atoms with Crippen LogP contribution in [-0.2, 0) is 28.7 Å². The minimum Gasteiger partial charge on any atom is -0.357 e. The van der Waals surface area contributed by atoms with Crippen molar-refractivity contribution in [1.29, 1.82) is 0 Å². The summed E-state index contributed by atoms with van der Waals surface area (Å²) in [6, 6.07) is 3.71. The number of rotatable bonds is 7. The Morgan fingerprint density at radius 2 is 1.58 bits per heavy atom. The van der Waals surface area contributed by atoms with Crippen molar-refractivity contribution in [2.75, 3.05) is 12.8 Å². The maximum absolute atomic E-state index is 13.8. The van der Waals surface area contributed by atoms with Gasteiger partial charge < -0.3 is 10.6 Å². The Bertz CT molecular complexity index is 1040. The van der Waals surface area contributed by atoms with Crippen LogP contribution in [0.3, 0.4) is 0 Å². The van der Waals surface area contributed by atoms with Gasteiger partial charge in [0.05, 0.1) is 12.3 Å². The van der Waals surface area contributed by atoms with E-state index in [9.17, 15) is 30.4 Å². The third-order valence-electron chi connectivity index (χ3n) is 3.97. The van der Waals surface area contributed by atoms with Crippen LogP contribution in [0.15, 0.2) is 29.3 Å². The van der Waals surface area contributed by atoms with Gasteiger partial charge in [0.1, 0.15) is 5.82 Å². The molecule has 0 heterocycles. The molecule has 0 aliphatic heterocycles. The molecule has 0 aliphatic rings. The highest BCUT2D eigenvalue weighted by molar-refractivity contribution is 14.0. The van der Waals surface area contributed by atoms with Gasteiger partial charge in [-0.3, -0.25) is 0 Å². The van der Waals surface area contributed by atoms with Gasteiger partial charge in [0.25, 0.3) is 0 Å². The van der Waals surface area contributed by atoms with Crippen LogP contribution in [0.25, 0.3) is 0 Å². The molecule has 0 fully saturated rings. The van der Waals surface area contributed by atoms with Crippen molar-refractivity contribution in [1.82, 2.24) is 10.6 Å². The molecule has 31 heavy (non-hydrogen) atoms. The highest BCUT2D eigenvalue weighted by Gasteiger charge is 2.19. The average molecular weight is 577 g/mol. The first-order valence-electron chi connectivity index (χ1n) is 8.81. The Morgan fingerprint density at radius 1 is 0.968 bits per heavy atom.